The highest BCUT2D eigenvalue weighted by atomic mass is 16.5. The van der Waals surface area contributed by atoms with E-state index in [1.54, 1.807) is 6.07 Å². The molecule has 0 saturated carbocycles. The lowest BCUT2D eigenvalue weighted by atomic mass is 10.0. The van der Waals surface area contributed by atoms with Crippen LogP contribution >= 0.6 is 0 Å². The highest BCUT2D eigenvalue weighted by Gasteiger charge is 2.33. The van der Waals surface area contributed by atoms with Gasteiger partial charge in [-0.05, 0) is 31.2 Å². The number of hydrogen-bond donors (Lipinski definition) is 1. The van der Waals surface area contributed by atoms with Crippen molar-refractivity contribution in [1.82, 2.24) is 10.1 Å². The normalized spacial score (nSPS) is 19.8. The first-order valence-electron chi connectivity index (χ1n) is 9.10. The van der Waals surface area contributed by atoms with Crippen LogP contribution in [0.2, 0.25) is 0 Å². The molecule has 3 unspecified atom stereocenters. The predicted octanol–water partition coefficient (Wildman–Crippen LogP) is 3.92. The van der Waals surface area contributed by atoms with Gasteiger partial charge in [-0.1, -0.05) is 49.3 Å². The summed E-state index contributed by atoms with van der Waals surface area (Å²) in [5.74, 6) is 0.459. The lowest BCUT2D eigenvalue weighted by molar-refractivity contribution is 0.0627. The number of nitrogens with zero attached hydrogens (tertiary/aromatic N) is 2. The number of likely N-dealkylation sites (tertiary alicyclic amines) is 1. The molecular formula is C20H26N2O3. The molecule has 1 fully saturated rings. The molecule has 2 heterocycles. The molecule has 0 spiro atoms. The fraction of sp³-hybridized carbons (Fsp3) is 0.500. The molecule has 1 amide bonds. The number of benzene rings is 1. The summed E-state index contributed by atoms with van der Waals surface area (Å²) in [6.45, 7) is 4.85. The maximum absolute atomic E-state index is 12.8. The van der Waals surface area contributed by atoms with Crippen LogP contribution in [-0.2, 0) is 0 Å². The Hall–Kier alpha value is -2.14. The molecule has 2 aromatic rings. The van der Waals surface area contributed by atoms with Crippen LogP contribution in [0, 0.1) is 0 Å². The van der Waals surface area contributed by atoms with Crippen molar-refractivity contribution in [2.45, 2.75) is 57.6 Å². The molecule has 134 valence electrons. The third kappa shape index (κ3) is 3.93. The van der Waals surface area contributed by atoms with Gasteiger partial charge in [0.2, 0.25) is 5.76 Å². The third-order valence-electron chi connectivity index (χ3n) is 5.17. The van der Waals surface area contributed by atoms with Crippen molar-refractivity contribution in [2.75, 3.05) is 6.54 Å². The molecule has 3 rings (SSSR count). The first-order valence-corrected chi connectivity index (χ1v) is 9.10. The molecule has 1 aliphatic heterocycles. The van der Waals surface area contributed by atoms with Crippen molar-refractivity contribution >= 4 is 5.91 Å². The number of aliphatic hydroxyl groups excluding tert-OH is 1. The summed E-state index contributed by atoms with van der Waals surface area (Å²) in [5.41, 5.74) is 1.71. The molecule has 1 saturated heterocycles. The minimum Gasteiger partial charge on any atom is -0.388 e. The number of hydrogen-bond acceptors (Lipinski definition) is 4. The largest absolute Gasteiger partial charge is 0.388 e. The number of carbonyl (C=O) groups excluding carboxylic acids is 1. The summed E-state index contributed by atoms with van der Waals surface area (Å²) in [7, 11) is 0. The SMILES string of the molecule is CCC(C)c1cc(C(=O)N2CCCC2CC(O)c2ccccc2)on1. The van der Waals surface area contributed by atoms with Crippen molar-refractivity contribution in [2.24, 2.45) is 0 Å². The predicted molar refractivity (Wildman–Crippen MR) is 95.3 cm³/mol. The Morgan fingerprint density at radius 2 is 2.16 bits per heavy atom. The van der Waals surface area contributed by atoms with Crippen LogP contribution in [-0.4, -0.2) is 33.7 Å². The maximum atomic E-state index is 12.8. The van der Waals surface area contributed by atoms with Gasteiger partial charge in [-0.25, -0.2) is 0 Å². The smallest absolute Gasteiger partial charge is 0.292 e. The number of rotatable bonds is 6. The molecule has 0 radical (unpaired) electrons. The molecule has 1 aliphatic rings. The average Bonchev–Trinajstić information content (AvgIpc) is 3.31. The van der Waals surface area contributed by atoms with E-state index >= 15 is 0 Å². The quantitative estimate of drug-likeness (QED) is 0.864. The maximum Gasteiger partial charge on any atom is 0.292 e. The van der Waals surface area contributed by atoms with Gasteiger partial charge in [0.05, 0.1) is 11.8 Å². The van der Waals surface area contributed by atoms with E-state index in [0.29, 0.717) is 18.7 Å². The molecule has 1 aromatic carbocycles. The van der Waals surface area contributed by atoms with Crippen molar-refractivity contribution < 1.29 is 14.4 Å². The molecule has 3 atom stereocenters. The van der Waals surface area contributed by atoms with E-state index in [-0.39, 0.29) is 17.9 Å². The zero-order chi connectivity index (χ0) is 17.8. The van der Waals surface area contributed by atoms with E-state index < -0.39 is 6.10 Å². The molecule has 25 heavy (non-hydrogen) atoms. The van der Waals surface area contributed by atoms with Crippen LogP contribution in [0.4, 0.5) is 0 Å². The summed E-state index contributed by atoms with van der Waals surface area (Å²) in [5, 5.41) is 14.5. The first-order chi connectivity index (χ1) is 12.1. The zero-order valence-electron chi connectivity index (χ0n) is 14.9. The minimum absolute atomic E-state index is 0.0276. The Bertz CT molecular complexity index is 698. The van der Waals surface area contributed by atoms with Crippen LogP contribution < -0.4 is 0 Å². The molecule has 5 heteroatoms. The van der Waals surface area contributed by atoms with Gasteiger partial charge in [0.15, 0.2) is 0 Å². The van der Waals surface area contributed by atoms with E-state index in [1.807, 2.05) is 35.2 Å². The molecule has 1 aromatic heterocycles. The van der Waals surface area contributed by atoms with Gasteiger partial charge in [0, 0.05) is 24.6 Å². The monoisotopic (exact) mass is 342 g/mol. The average molecular weight is 342 g/mol. The van der Waals surface area contributed by atoms with Crippen molar-refractivity contribution in [3.8, 4) is 0 Å². The molecular weight excluding hydrogens is 316 g/mol. The molecule has 1 N–H and O–H groups in total. The van der Waals surface area contributed by atoms with E-state index in [1.165, 1.54) is 0 Å². The lowest BCUT2D eigenvalue weighted by Gasteiger charge is -2.25. The van der Waals surface area contributed by atoms with Crippen LogP contribution in [0.1, 0.15) is 73.4 Å². The number of aromatic nitrogens is 1. The van der Waals surface area contributed by atoms with Crippen LogP contribution in [0.25, 0.3) is 0 Å². The minimum atomic E-state index is -0.565. The van der Waals surface area contributed by atoms with Gasteiger partial charge in [0.1, 0.15) is 0 Å². The van der Waals surface area contributed by atoms with E-state index in [9.17, 15) is 9.90 Å². The van der Waals surface area contributed by atoms with Crippen LogP contribution in [0.3, 0.4) is 0 Å². The number of carbonyl (C=O) groups is 1. The Balaban J connectivity index is 1.68. The Labute approximate surface area is 148 Å². The third-order valence-corrected chi connectivity index (χ3v) is 5.17. The summed E-state index contributed by atoms with van der Waals surface area (Å²) in [6.07, 6.45) is 2.79. The highest BCUT2D eigenvalue weighted by Crippen LogP contribution is 2.29. The van der Waals surface area contributed by atoms with Crippen LogP contribution in [0.5, 0.6) is 0 Å². The topological polar surface area (TPSA) is 66.6 Å². The summed E-state index contributed by atoms with van der Waals surface area (Å²) in [4.78, 5) is 14.6. The zero-order valence-corrected chi connectivity index (χ0v) is 14.9. The Morgan fingerprint density at radius 3 is 2.88 bits per heavy atom. The molecule has 0 bridgehead atoms. The molecule has 0 aliphatic carbocycles. The van der Waals surface area contributed by atoms with E-state index in [4.69, 9.17) is 4.52 Å². The van der Waals surface area contributed by atoms with Gasteiger partial charge >= 0.3 is 0 Å². The second-order valence-corrected chi connectivity index (χ2v) is 6.88. The number of amides is 1. The van der Waals surface area contributed by atoms with E-state index in [0.717, 1.165) is 30.5 Å². The van der Waals surface area contributed by atoms with Crippen LogP contribution in [0.15, 0.2) is 40.9 Å². The van der Waals surface area contributed by atoms with Crippen molar-refractivity contribution in [3.05, 3.63) is 53.4 Å². The Kier molecular flexibility index (Phi) is 5.53. The van der Waals surface area contributed by atoms with Crippen molar-refractivity contribution in [3.63, 3.8) is 0 Å². The lowest BCUT2D eigenvalue weighted by Crippen LogP contribution is -2.36. The van der Waals surface area contributed by atoms with Gasteiger partial charge in [-0.15, -0.1) is 0 Å². The van der Waals surface area contributed by atoms with E-state index in [2.05, 4.69) is 19.0 Å². The fourth-order valence-electron chi connectivity index (χ4n) is 3.39. The molecule has 5 nitrogen and oxygen atoms in total. The summed E-state index contributed by atoms with van der Waals surface area (Å²) in [6, 6.07) is 11.4. The second kappa shape index (κ2) is 7.83. The van der Waals surface area contributed by atoms with Crippen molar-refractivity contribution in [1.29, 1.82) is 0 Å². The van der Waals surface area contributed by atoms with Gasteiger partial charge in [-0.3, -0.25) is 4.79 Å². The highest BCUT2D eigenvalue weighted by molar-refractivity contribution is 5.91. The number of aliphatic hydroxyl groups is 1. The standard InChI is InChI=1S/C20H26N2O3/c1-3-14(2)17-13-19(25-21-17)20(24)22-11-7-10-16(22)12-18(23)15-8-5-4-6-9-15/h4-6,8-9,13-14,16,18,23H,3,7,10-12H2,1-2H3. The fourth-order valence-corrected chi connectivity index (χ4v) is 3.39. The van der Waals surface area contributed by atoms with Gasteiger partial charge in [0.25, 0.3) is 5.91 Å². The summed E-state index contributed by atoms with van der Waals surface area (Å²) >= 11 is 0. The second-order valence-electron chi connectivity index (χ2n) is 6.88. The summed E-state index contributed by atoms with van der Waals surface area (Å²) < 4.78 is 5.30. The van der Waals surface area contributed by atoms with Gasteiger partial charge < -0.3 is 14.5 Å². The van der Waals surface area contributed by atoms with Gasteiger partial charge in [-0.2, -0.15) is 0 Å². The Morgan fingerprint density at radius 1 is 1.40 bits per heavy atom. The first kappa shape index (κ1) is 17.7.